The van der Waals surface area contributed by atoms with E-state index in [2.05, 4.69) is 0 Å². The molecule has 0 amide bonds. The molecule has 0 radical (unpaired) electrons. The third-order valence-corrected chi connectivity index (χ3v) is 6.22. The lowest BCUT2D eigenvalue weighted by Gasteiger charge is -2.16. The van der Waals surface area contributed by atoms with Gasteiger partial charge in [0.05, 0.1) is 11.5 Å². The smallest absolute Gasteiger partial charge is 0.305 e. The van der Waals surface area contributed by atoms with Crippen molar-refractivity contribution in [3.63, 3.8) is 0 Å². The maximum atomic E-state index is 12.7. The largest absolute Gasteiger partial charge is 0.466 e. The van der Waals surface area contributed by atoms with Gasteiger partial charge >= 0.3 is 5.97 Å². The van der Waals surface area contributed by atoms with Gasteiger partial charge in [0.25, 0.3) is 0 Å². The van der Waals surface area contributed by atoms with E-state index in [1.807, 2.05) is 6.92 Å². The normalized spacial score (nSPS) is 21.8. The van der Waals surface area contributed by atoms with Gasteiger partial charge < -0.3 is 10.5 Å². The van der Waals surface area contributed by atoms with Gasteiger partial charge in [-0.05, 0) is 44.7 Å². The number of hydrogen-bond acceptors (Lipinski definition) is 5. The summed E-state index contributed by atoms with van der Waals surface area (Å²) in [6.07, 6.45) is 1.73. The number of benzene rings is 1. The van der Waals surface area contributed by atoms with Crippen molar-refractivity contribution in [2.24, 2.45) is 11.7 Å². The van der Waals surface area contributed by atoms with Crippen molar-refractivity contribution in [3.05, 3.63) is 29.8 Å². The average Bonchev–Trinajstić information content (AvgIpc) is 2.90. The van der Waals surface area contributed by atoms with Crippen LogP contribution in [0.2, 0.25) is 0 Å². The molecule has 2 atom stereocenters. The number of hydrogen-bond donors (Lipinski definition) is 1. The standard InChI is InChI=1S/C17H26N2O4S/c1-3-23-17(20)6-4-5-14-11-19(12-16(14)18)24(21,22)15-9-7-13(2)8-10-15/h7-10,14,16H,3-6,11-12,18H2,1-2H3/t14?,16-/m1/s1. The molecule has 0 saturated carbocycles. The quantitative estimate of drug-likeness (QED) is 0.753. The number of ether oxygens (including phenoxy) is 1. The van der Waals surface area contributed by atoms with E-state index in [0.29, 0.717) is 37.4 Å². The van der Waals surface area contributed by atoms with E-state index in [1.165, 1.54) is 4.31 Å². The summed E-state index contributed by atoms with van der Waals surface area (Å²) >= 11 is 0. The Labute approximate surface area is 144 Å². The molecule has 134 valence electrons. The number of rotatable bonds is 7. The highest BCUT2D eigenvalue weighted by atomic mass is 32.2. The summed E-state index contributed by atoms with van der Waals surface area (Å²) in [4.78, 5) is 11.7. The van der Waals surface area contributed by atoms with E-state index in [-0.39, 0.29) is 17.9 Å². The fraction of sp³-hybridized carbons (Fsp3) is 0.588. The Morgan fingerprint density at radius 3 is 2.58 bits per heavy atom. The van der Waals surface area contributed by atoms with Crippen LogP contribution in [0.3, 0.4) is 0 Å². The first-order valence-corrected chi connectivity index (χ1v) is 9.76. The first-order chi connectivity index (χ1) is 11.3. The summed E-state index contributed by atoms with van der Waals surface area (Å²) in [5.74, 6) is -0.146. The molecule has 2 rings (SSSR count). The summed E-state index contributed by atoms with van der Waals surface area (Å²) in [5.41, 5.74) is 7.14. The first-order valence-electron chi connectivity index (χ1n) is 8.32. The van der Waals surface area contributed by atoms with Crippen LogP contribution in [0.1, 0.15) is 31.7 Å². The van der Waals surface area contributed by atoms with Crippen LogP contribution in [0.25, 0.3) is 0 Å². The molecule has 1 aliphatic heterocycles. The minimum absolute atomic E-state index is 0.0691. The van der Waals surface area contributed by atoms with Crippen LogP contribution in [-0.2, 0) is 19.6 Å². The predicted octanol–water partition coefficient (Wildman–Crippen LogP) is 1.68. The molecule has 2 N–H and O–H groups in total. The van der Waals surface area contributed by atoms with E-state index < -0.39 is 10.0 Å². The molecule has 1 fully saturated rings. The zero-order chi connectivity index (χ0) is 17.7. The van der Waals surface area contributed by atoms with Crippen LogP contribution in [-0.4, -0.2) is 44.4 Å². The molecule has 1 saturated heterocycles. The van der Waals surface area contributed by atoms with E-state index in [0.717, 1.165) is 12.0 Å². The van der Waals surface area contributed by atoms with Gasteiger partial charge in [-0.1, -0.05) is 17.7 Å². The number of nitrogens with two attached hydrogens (primary N) is 1. The van der Waals surface area contributed by atoms with Gasteiger partial charge in [0, 0.05) is 25.6 Å². The molecule has 7 heteroatoms. The zero-order valence-corrected chi connectivity index (χ0v) is 15.1. The molecule has 0 spiro atoms. The van der Waals surface area contributed by atoms with Crippen molar-refractivity contribution in [2.45, 2.75) is 44.0 Å². The molecule has 1 heterocycles. The lowest BCUT2D eigenvalue weighted by Crippen LogP contribution is -2.32. The summed E-state index contributed by atoms with van der Waals surface area (Å²) in [6, 6.07) is 6.64. The highest BCUT2D eigenvalue weighted by Crippen LogP contribution is 2.27. The Bertz CT molecular complexity index is 658. The second-order valence-corrected chi connectivity index (χ2v) is 8.19. The lowest BCUT2D eigenvalue weighted by atomic mass is 9.98. The molecule has 6 nitrogen and oxygen atoms in total. The van der Waals surface area contributed by atoms with Crippen LogP contribution < -0.4 is 5.73 Å². The maximum Gasteiger partial charge on any atom is 0.305 e. The molecule has 0 aromatic heterocycles. The van der Waals surface area contributed by atoms with Crippen molar-refractivity contribution < 1.29 is 17.9 Å². The fourth-order valence-corrected chi connectivity index (χ4v) is 4.49. The van der Waals surface area contributed by atoms with E-state index >= 15 is 0 Å². The first kappa shape index (κ1) is 18.9. The molecule has 24 heavy (non-hydrogen) atoms. The Morgan fingerprint density at radius 1 is 1.29 bits per heavy atom. The Kier molecular flexibility index (Phi) is 6.37. The maximum absolute atomic E-state index is 12.7. The number of nitrogens with zero attached hydrogens (tertiary/aromatic N) is 1. The molecule has 1 unspecified atom stereocenters. The van der Waals surface area contributed by atoms with E-state index in [9.17, 15) is 13.2 Å². The summed E-state index contributed by atoms with van der Waals surface area (Å²) < 4.78 is 31.8. The van der Waals surface area contributed by atoms with Gasteiger partial charge in [-0.3, -0.25) is 4.79 Å². The molecule has 0 aliphatic carbocycles. The molecular weight excluding hydrogens is 328 g/mol. The van der Waals surface area contributed by atoms with Gasteiger partial charge in [-0.25, -0.2) is 8.42 Å². The number of carbonyl (C=O) groups excluding carboxylic acids is 1. The van der Waals surface area contributed by atoms with Crippen LogP contribution in [0.4, 0.5) is 0 Å². The Morgan fingerprint density at radius 2 is 1.96 bits per heavy atom. The highest BCUT2D eigenvalue weighted by molar-refractivity contribution is 7.89. The summed E-state index contributed by atoms with van der Waals surface area (Å²) in [5, 5.41) is 0. The van der Waals surface area contributed by atoms with Crippen molar-refractivity contribution in [1.82, 2.24) is 4.31 Å². The second-order valence-electron chi connectivity index (χ2n) is 6.26. The van der Waals surface area contributed by atoms with Crippen molar-refractivity contribution in [1.29, 1.82) is 0 Å². The van der Waals surface area contributed by atoms with E-state index in [1.54, 1.807) is 31.2 Å². The SMILES string of the molecule is CCOC(=O)CCCC1CN(S(=O)(=O)c2ccc(C)cc2)C[C@H]1N. The van der Waals surface area contributed by atoms with Crippen molar-refractivity contribution in [3.8, 4) is 0 Å². The second kappa shape index (κ2) is 8.09. The predicted molar refractivity (Wildman–Crippen MR) is 91.9 cm³/mol. The van der Waals surface area contributed by atoms with Crippen LogP contribution in [0.5, 0.6) is 0 Å². The Hall–Kier alpha value is -1.44. The van der Waals surface area contributed by atoms with Gasteiger partial charge in [-0.15, -0.1) is 0 Å². The van der Waals surface area contributed by atoms with Gasteiger partial charge in [0.15, 0.2) is 0 Å². The minimum atomic E-state index is -3.51. The van der Waals surface area contributed by atoms with Gasteiger partial charge in [0.2, 0.25) is 10.0 Å². The zero-order valence-electron chi connectivity index (χ0n) is 14.3. The third kappa shape index (κ3) is 4.55. The number of sulfonamides is 1. The highest BCUT2D eigenvalue weighted by Gasteiger charge is 2.37. The number of esters is 1. The van der Waals surface area contributed by atoms with Crippen LogP contribution >= 0.6 is 0 Å². The van der Waals surface area contributed by atoms with Crippen molar-refractivity contribution >= 4 is 16.0 Å². The molecule has 1 aromatic rings. The van der Waals surface area contributed by atoms with Gasteiger partial charge in [0.1, 0.15) is 0 Å². The summed E-state index contributed by atoms with van der Waals surface area (Å²) in [7, 11) is -3.51. The average molecular weight is 354 g/mol. The number of carbonyl (C=O) groups is 1. The van der Waals surface area contributed by atoms with Crippen LogP contribution in [0, 0.1) is 12.8 Å². The Balaban J connectivity index is 1.94. The molecule has 1 aromatic carbocycles. The summed E-state index contributed by atoms with van der Waals surface area (Å²) in [6.45, 7) is 4.80. The monoisotopic (exact) mass is 354 g/mol. The molecule has 0 bridgehead atoms. The topological polar surface area (TPSA) is 89.7 Å². The lowest BCUT2D eigenvalue weighted by molar-refractivity contribution is -0.143. The van der Waals surface area contributed by atoms with Gasteiger partial charge in [-0.2, -0.15) is 4.31 Å². The third-order valence-electron chi connectivity index (χ3n) is 4.38. The van der Waals surface area contributed by atoms with Crippen molar-refractivity contribution in [2.75, 3.05) is 19.7 Å². The van der Waals surface area contributed by atoms with E-state index in [4.69, 9.17) is 10.5 Å². The molecular formula is C17H26N2O4S. The van der Waals surface area contributed by atoms with Crippen LogP contribution in [0.15, 0.2) is 29.2 Å². The molecule has 1 aliphatic rings. The minimum Gasteiger partial charge on any atom is -0.466 e. The number of aryl methyl sites for hydroxylation is 1. The fourth-order valence-electron chi connectivity index (χ4n) is 2.96.